The van der Waals surface area contributed by atoms with E-state index in [-0.39, 0.29) is 0 Å². The highest BCUT2D eigenvalue weighted by Crippen LogP contribution is 2.32. The van der Waals surface area contributed by atoms with Crippen molar-refractivity contribution in [2.45, 2.75) is 18.6 Å². The van der Waals surface area contributed by atoms with Crippen molar-refractivity contribution in [3.63, 3.8) is 0 Å². The van der Waals surface area contributed by atoms with Gasteiger partial charge in [-0.15, -0.1) is 11.6 Å². The molecule has 0 aromatic heterocycles. The summed E-state index contributed by atoms with van der Waals surface area (Å²) in [6.07, 6.45) is 0. The summed E-state index contributed by atoms with van der Waals surface area (Å²) < 4.78 is 31.5. The molecular weight excluding hydrogens is 270 g/mol. The van der Waals surface area contributed by atoms with Crippen LogP contribution in [0.15, 0.2) is 36.4 Å². The molecule has 0 spiro atoms. The SMILES string of the molecule is Fc1ccc(C(Cl)c2ccc3c(c2)COC3)cc1F. The largest absolute Gasteiger partial charge is 0.372 e. The first-order valence-electron chi connectivity index (χ1n) is 5.93. The number of ether oxygens (including phenoxy) is 1. The fourth-order valence-corrected chi connectivity index (χ4v) is 2.48. The Morgan fingerprint density at radius 2 is 1.58 bits per heavy atom. The van der Waals surface area contributed by atoms with Crippen molar-refractivity contribution in [1.29, 1.82) is 0 Å². The summed E-state index contributed by atoms with van der Waals surface area (Å²) in [7, 11) is 0. The maximum absolute atomic E-state index is 13.2. The molecule has 0 N–H and O–H groups in total. The molecule has 0 fully saturated rings. The maximum Gasteiger partial charge on any atom is 0.159 e. The van der Waals surface area contributed by atoms with E-state index in [1.807, 2.05) is 18.2 Å². The van der Waals surface area contributed by atoms with E-state index in [0.29, 0.717) is 18.8 Å². The third kappa shape index (κ3) is 2.36. The smallest absolute Gasteiger partial charge is 0.159 e. The van der Waals surface area contributed by atoms with Crippen LogP contribution in [0.2, 0.25) is 0 Å². The first-order valence-corrected chi connectivity index (χ1v) is 6.37. The normalized spacial score (nSPS) is 15.3. The summed E-state index contributed by atoms with van der Waals surface area (Å²) in [5.74, 6) is -1.75. The summed E-state index contributed by atoms with van der Waals surface area (Å²) in [5.41, 5.74) is 3.65. The van der Waals surface area contributed by atoms with Gasteiger partial charge in [-0.2, -0.15) is 0 Å². The van der Waals surface area contributed by atoms with Gasteiger partial charge in [-0.3, -0.25) is 0 Å². The topological polar surface area (TPSA) is 9.23 Å². The summed E-state index contributed by atoms with van der Waals surface area (Å²) in [4.78, 5) is 0. The average Bonchev–Trinajstić information content (AvgIpc) is 2.88. The number of halogens is 3. The van der Waals surface area contributed by atoms with E-state index < -0.39 is 17.0 Å². The van der Waals surface area contributed by atoms with Crippen molar-refractivity contribution in [3.05, 3.63) is 70.3 Å². The lowest BCUT2D eigenvalue weighted by atomic mass is 10.00. The number of fused-ring (bicyclic) bond motifs is 1. The molecule has 1 aliphatic rings. The van der Waals surface area contributed by atoms with Gasteiger partial charge in [-0.05, 0) is 34.4 Å². The molecule has 0 amide bonds. The molecule has 1 aliphatic heterocycles. The fourth-order valence-electron chi connectivity index (χ4n) is 2.21. The highest BCUT2D eigenvalue weighted by molar-refractivity contribution is 6.22. The van der Waals surface area contributed by atoms with Crippen molar-refractivity contribution in [2.75, 3.05) is 0 Å². The lowest BCUT2D eigenvalue weighted by Crippen LogP contribution is -1.97. The van der Waals surface area contributed by atoms with Gasteiger partial charge in [-0.1, -0.05) is 24.3 Å². The molecule has 4 heteroatoms. The third-order valence-electron chi connectivity index (χ3n) is 3.27. The molecule has 2 aromatic carbocycles. The van der Waals surface area contributed by atoms with Crippen LogP contribution in [0.25, 0.3) is 0 Å². The van der Waals surface area contributed by atoms with E-state index in [1.54, 1.807) is 0 Å². The Kier molecular flexibility index (Phi) is 3.25. The third-order valence-corrected chi connectivity index (χ3v) is 3.78. The zero-order valence-corrected chi connectivity index (χ0v) is 10.8. The lowest BCUT2D eigenvalue weighted by molar-refractivity contribution is 0.134. The predicted octanol–water partition coefficient (Wildman–Crippen LogP) is 4.32. The van der Waals surface area contributed by atoms with Crippen LogP contribution in [0.1, 0.15) is 27.6 Å². The Morgan fingerprint density at radius 1 is 0.895 bits per heavy atom. The quantitative estimate of drug-likeness (QED) is 0.744. The molecule has 0 bridgehead atoms. The van der Waals surface area contributed by atoms with Crippen LogP contribution in [0.3, 0.4) is 0 Å². The Balaban J connectivity index is 1.94. The van der Waals surface area contributed by atoms with Crippen molar-refractivity contribution in [2.24, 2.45) is 0 Å². The van der Waals surface area contributed by atoms with E-state index >= 15 is 0 Å². The molecule has 1 nitrogen and oxygen atoms in total. The van der Waals surface area contributed by atoms with Crippen LogP contribution in [-0.2, 0) is 18.0 Å². The average molecular weight is 281 g/mol. The minimum Gasteiger partial charge on any atom is -0.372 e. The number of rotatable bonds is 2. The standard InChI is InChI=1S/C15H11ClF2O/c16-15(10-3-4-13(17)14(18)6-10)9-1-2-11-7-19-8-12(11)5-9/h1-6,15H,7-8H2. The number of alkyl halides is 1. The molecule has 1 atom stereocenters. The van der Waals surface area contributed by atoms with Gasteiger partial charge in [0.1, 0.15) is 0 Å². The van der Waals surface area contributed by atoms with Crippen LogP contribution < -0.4 is 0 Å². The van der Waals surface area contributed by atoms with Crippen molar-refractivity contribution < 1.29 is 13.5 Å². The second-order valence-corrected chi connectivity index (χ2v) is 4.99. The Hall–Kier alpha value is -1.45. The monoisotopic (exact) mass is 280 g/mol. The highest BCUT2D eigenvalue weighted by Gasteiger charge is 2.17. The molecule has 0 saturated heterocycles. The van der Waals surface area contributed by atoms with Crippen LogP contribution in [-0.4, -0.2) is 0 Å². The number of hydrogen-bond acceptors (Lipinski definition) is 1. The van der Waals surface area contributed by atoms with Gasteiger partial charge in [0.25, 0.3) is 0 Å². The lowest BCUT2D eigenvalue weighted by Gasteiger charge is -2.12. The highest BCUT2D eigenvalue weighted by atomic mass is 35.5. The Morgan fingerprint density at radius 3 is 2.37 bits per heavy atom. The second kappa shape index (κ2) is 4.91. The van der Waals surface area contributed by atoms with E-state index in [9.17, 15) is 8.78 Å². The van der Waals surface area contributed by atoms with Crippen LogP contribution in [0.5, 0.6) is 0 Å². The molecule has 0 radical (unpaired) electrons. The molecule has 98 valence electrons. The fraction of sp³-hybridized carbons (Fsp3) is 0.200. The van der Waals surface area contributed by atoms with E-state index in [0.717, 1.165) is 28.8 Å². The second-order valence-electron chi connectivity index (χ2n) is 4.56. The van der Waals surface area contributed by atoms with Crippen molar-refractivity contribution in [3.8, 4) is 0 Å². The van der Waals surface area contributed by atoms with Crippen LogP contribution >= 0.6 is 11.6 Å². The molecule has 1 unspecified atom stereocenters. The zero-order valence-electron chi connectivity index (χ0n) is 10.00. The molecule has 3 rings (SSSR count). The first-order chi connectivity index (χ1) is 9.15. The summed E-state index contributed by atoms with van der Waals surface area (Å²) in [5, 5.41) is -0.499. The van der Waals surface area contributed by atoms with E-state index in [4.69, 9.17) is 16.3 Å². The van der Waals surface area contributed by atoms with Gasteiger partial charge < -0.3 is 4.74 Å². The molecular formula is C15H11ClF2O. The van der Waals surface area contributed by atoms with Crippen LogP contribution in [0, 0.1) is 11.6 Å². The van der Waals surface area contributed by atoms with Gasteiger partial charge in [0.2, 0.25) is 0 Å². The van der Waals surface area contributed by atoms with Gasteiger partial charge in [-0.25, -0.2) is 8.78 Å². The summed E-state index contributed by atoms with van der Waals surface area (Å²) in [6, 6.07) is 9.55. The van der Waals surface area contributed by atoms with Gasteiger partial charge in [0, 0.05) is 0 Å². The minimum atomic E-state index is -0.882. The number of hydrogen-bond donors (Lipinski definition) is 0. The maximum atomic E-state index is 13.2. The molecule has 2 aromatic rings. The van der Waals surface area contributed by atoms with Crippen molar-refractivity contribution >= 4 is 11.6 Å². The Bertz CT molecular complexity index is 628. The minimum absolute atomic E-state index is 0.499. The van der Waals surface area contributed by atoms with E-state index in [2.05, 4.69) is 0 Å². The number of benzene rings is 2. The van der Waals surface area contributed by atoms with Crippen LogP contribution in [0.4, 0.5) is 8.78 Å². The molecule has 19 heavy (non-hydrogen) atoms. The summed E-state index contributed by atoms with van der Waals surface area (Å²) in [6.45, 7) is 1.19. The van der Waals surface area contributed by atoms with E-state index in [1.165, 1.54) is 6.07 Å². The molecule has 1 heterocycles. The zero-order chi connectivity index (χ0) is 13.4. The van der Waals surface area contributed by atoms with Gasteiger partial charge in [0.05, 0.1) is 18.6 Å². The Labute approximate surface area is 114 Å². The molecule has 0 saturated carbocycles. The summed E-state index contributed by atoms with van der Waals surface area (Å²) >= 11 is 6.33. The molecule has 0 aliphatic carbocycles. The first kappa shape index (κ1) is 12.6. The predicted molar refractivity (Wildman–Crippen MR) is 69.0 cm³/mol. The van der Waals surface area contributed by atoms with Gasteiger partial charge >= 0.3 is 0 Å². The van der Waals surface area contributed by atoms with Crippen molar-refractivity contribution in [1.82, 2.24) is 0 Å². The van der Waals surface area contributed by atoms with Gasteiger partial charge in [0.15, 0.2) is 11.6 Å².